The highest BCUT2D eigenvalue weighted by molar-refractivity contribution is 7.89. The maximum Gasteiger partial charge on any atom is 0.243 e. The molecule has 3 N–H and O–H groups in total. The van der Waals surface area contributed by atoms with E-state index in [0.717, 1.165) is 0 Å². The first-order chi connectivity index (χ1) is 8.82. The minimum atomic E-state index is -3.51. The van der Waals surface area contributed by atoms with Gasteiger partial charge in [-0.15, -0.1) is 0 Å². The van der Waals surface area contributed by atoms with Crippen molar-refractivity contribution in [1.82, 2.24) is 4.31 Å². The van der Waals surface area contributed by atoms with Gasteiger partial charge in [-0.05, 0) is 43.4 Å². The molecular formula is C13H20N2O3S. The lowest BCUT2D eigenvalue weighted by Gasteiger charge is -2.34. The molecule has 1 saturated carbocycles. The quantitative estimate of drug-likeness (QED) is 0.807. The Labute approximate surface area is 114 Å². The van der Waals surface area contributed by atoms with Crippen LogP contribution in [0.4, 0.5) is 5.69 Å². The molecule has 0 heterocycles. The van der Waals surface area contributed by atoms with Crippen LogP contribution in [0.5, 0.6) is 0 Å². The number of hydrogen-bond donors (Lipinski definition) is 2. The average molecular weight is 284 g/mol. The molecule has 1 fully saturated rings. The van der Waals surface area contributed by atoms with Crippen molar-refractivity contribution in [2.24, 2.45) is 5.92 Å². The summed E-state index contributed by atoms with van der Waals surface area (Å²) >= 11 is 0. The summed E-state index contributed by atoms with van der Waals surface area (Å²) in [6, 6.07) is 4.92. The number of hydrogen-bond acceptors (Lipinski definition) is 4. The molecule has 0 aliphatic heterocycles. The highest BCUT2D eigenvalue weighted by Crippen LogP contribution is 2.30. The zero-order chi connectivity index (χ0) is 14.2. The lowest BCUT2D eigenvalue weighted by atomic mass is 9.82. The van der Waals surface area contributed by atoms with Crippen LogP contribution in [0.1, 0.15) is 18.4 Å². The Kier molecular flexibility index (Phi) is 3.85. The van der Waals surface area contributed by atoms with Gasteiger partial charge in [0.2, 0.25) is 10.0 Å². The number of aliphatic hydroxyl groups is 1. The van der Waals surface area contributed by atoms with Crippen LogP contribution in [0.3, 0.4) is 0 Å². The third kappa shape index (κ3) is 2.75. The zero-order valence-electron chi connectivity index (χ0n) is 11.2. The van der Waals surface area contributed by atoms with Crippen molar-refractivity contribution in [2.45, 2.75) is 30.8 Å². The van der Waals surface area contributed by atoms with E-state index < -0.39 is 10.0 Å². The first-order valence-corrected chi connectivity index (χ1v) is 7.76. The van der Waals surface area contributed by atoms with Gasteiger partial charge < -0.3 is 10.8 Å². The number of aliphatic hydroxyl groups excluding tert-OH is 1. The molecule has 0 unspecified atom stereocenters. The van der Waals surface area contributed by atoms with E-state index >= 15 is 0 Å². The molecule has 19 heavy (non-hydrogen) atoms. The molecule has 0 radical (unpaired) electrons. The summed E-state index contributed by atoms with van der Waals surface area (Å²) < 4.78 is 26.3. The summed E-state index contributed by atoms with van der Waals surface area (Å²) in [6.45, 7) is 2.15. The largest absolute Gasteiger partial charge is 0.398 e. The molecule has 1 aromatic rings. The number of nitrogen functional groups attached to an aromatic ring is 1. The van der Waals surface area contributed by atoms with Gasteiger partial charge in [-0.3, -0.25) is 0 Å². The van der Waals surface area contributed by atoms with Gasteiger partial charge in [0, 0.05) is 19.3 Å². The van der Waals surface area contributed by atoms with Crippen molar-refractivity contribution >= 4 is 15.7 Å². The van der Waals surface area contributed by atoms with Crippen LogP contribution in [0.25, 0.3) is 0 Å². The van der Waals surface area contributed by atoms with Crippen LogP contribution >= 0.6 is 0 Å². The number of rotatable bonds is 4. The summed E-state index contributed by atoms with van der Waals surface area (Å²) in [6.07, 6.45) is 1.08. The molecule has 0 amide bonds. The molecule has 0 spiro atoms. The summed E-state index contributed by atoms with van der Waals surface area (Å²) in [5.41, 5.74) is 6.82. The number of nitrogens with zero attached hydrogens (tertiary/aromatic N) is 1. The Morgan fingerprint density at radius 3 is 2.63 bits per heavy atom. The number of nitrogens with two attached hydrogens (primary N) is 1. The minimum Gasteiger partial charge on any atom is -0.398 e. The highest BCUT2D eigenvalue weighted by Gasteiger charge is 2.32. The molecule has 0 bridgehead atoms. The van der Waals surface area contributed by atoms with Crippen LogP contribution in [-0.4, -0.2) is 37.5 Å². The van der Waals surface area contributed by atoms with Crippen molar-refractivity contribution < 1.29 is 13.5 Å². The van der Waals surface area contributed by atoms with E-state index in [1.54, 1.807) is 32.2 Å². The van der Waals surface area contributed by atoms with Gasteiger partial charge in [-0.25, -0.2) is 12.7 Å². The van der Waals surface area contributed by atoms with Crippen molar-refractivity contribution in [1.29, 1.82) is 0 Å². The van der Waals surface area contributed by atoms with Crippen molar-refractivity contribution in [3.05, 3.63) is 23.8 Å². The number of benzene rings is 1. The predicted molar refractivity (Wildman–Crippen MR) is 74.1 cm³/mol. The summed E-state index contributed by atoms with van der Waals surface area (Å²) in [5.74, 6) is 0.246. The maximum absolute atomic E-state index is 12.5. The molecule has 1 aliphatic rings. The van der Waals surface area contributed by atoms with Crippen molar-refractivity contribution in [3.8, 4) is 0 Å². The van der Waals surface area contributed by atoms with E-state index in [0.29, 0.717) is 30.6 Å². The Morgan fingerprint density at radius 2 is 2.05 bits per heavy atom. The Balaban J connectivity index is 2.19. The highest BCUT2D eigenvalue weighted by atomic mass is 32.2. The Morgan fingerprint density at radius 1 is 1.42 bits per heavy atom. The standard InChI is InChI=1S/C13H20N2O3S/c1-9-12(14)4-3-5-13(9)19(17,18)15(2)8-10-6-11(16)7-10/h3-5,10-11,16H,6-8,14H2,1-2H3. The normalized spacial score (nSPS) is 23.4. The summed E-state index contributed by atoms with van der Waals surface area (Å²) in [4.78, 5) is 0.259. The zero-order valence-corrected chi connectivity index (χ0v) is 12.0. The topological polar surface area (TPSA) is 83.6 Å². The third-order valence-corrected chi connectivity index (χ3v) is 5.71. The second kappa shape index (κ2) is 5.11. The lowest BCUT2D eigenvalue weighted by molar-refractivity contribution is 0.0367. The van der Waals surface area contributed by atoms with Gasteiger partial charge in [0.1, 0.15) is 0 Å². The minimum absolute atomic E-state index is 0.246. The SMILES string of the molecule is Cc1c(N)cccc1S(=O)(=O)N(C)CC1CC(O)C1. The fraction of sp³-hybridized carbons (Fsp3) is 0.538. The van der Waals surface area contributed by atoms with Crippen molar-refractivity contribution in [2.75, 3.05) is 19.3 Å². The van der Waals surface area contributed by atoms with Gasteiger partial charge in [-0.2, -0.15) is 0 Å². The Hall–Kier alpha value is -1.11. The van der Waals surface area contributed by atoms with Gasteiger partial charge >= 0.3 is 0 Å². The van der Waals surface area contributed by atoms with E-state index in [1.165, 1.54) is 4.31 Å². The van der Waals surface area contributed by atoms with Gasteiger partial charge in [0.05, 0.1) is 11.0 Å². The second-order valence-electron chi connectivity index (χ2n) is 5.25. The number of sulfonamides is 1. The molecule has 0 atom stereocenters. The smallest absolute Gasteiger partial charge is 0.243 e. The molecule has 106 valence electrons. The molecule has 2 rings (SSSR count). The van der Waals surface area contributed by atoms with E-state index in [-0.39, 0.29) is 16.9 Å². The molecule has 5 nitrogen and oxygen atoms in total. The van der Waals surface area contributed by atoms with Crippen LogP contribution in [0.15, 0.2) is 23.1 Å². The lowest BCUT2D eigenvalue weighted by Crippen LogP contribution is -2.39. The van der Waals surface area contributed by atoms with Crippen LogP contribution in [-0.2, 0) is 10.0 Å². The van der Waals surface area contributed by atoms with Gasteiger partial charge in [0.25, 0.3) is 0 Å². The first-order valence-electron chi connectivity index (χ1n) is 6.32. The summed E-state index contributed by atoms with van der Waals surface area (Å²) in [5, 5.41) is 9.25. The molecule has 0 saturated heterocycles. The predicted octanol–water partition coefficient (Wildman–Crippen LogP) is 0.969. The van der Waals surface area contributed by atoms with Crippen LogP contribution in [0.2, 0.25) is 0 Å². The monoisotopic (exact) mass is 284 g/mol. The van der Waals surface area contributed by atoms with Gasteiger partial charge in [-0.1, -0.05) is 6.07 Å². The molecule has 0 aromatic heterocycles. The first kappa shape index (κ1) is 14.3. The third-order valence-electron chi connectivity index (χ3n) is 3.74. The average Bonchev–Trinajstić information content (AvgIpc) is 2.30. The van der Waals surface area contributed by atoms with Gasteiger partial charge in [0.15, 0.2) is 0 Å². The molecule has 1 aliphatic carbocycles. The van der Waals surface area contributed by atoms with E-state index in [9.17, 15) is 13.5 Å². The van der Waals surface area contributed by atoms with E-state index in [1.807, 2.05) is 0 Å². The fourth-order valence-electron chi connectivity index (χ4n) is 2.39. The summed E-state index contributed by atoms with van der Waals surface area (Å²) in [7, 11) is -1.94. The van der Waals surface area contributed by atoms with E-state index in [4.69, 9.17) is 5.73 Å². The number of anilines is 1. The van der Waals surface area contributed by atoms with Crippen LogP contribution in [0, 0.1) is 12.8 Å². The van der Waals surface area contributed by atoms with Crippen molar-refractivity contribution in [3.63, 3.8) is 0 Å². The molecule has 1 aromatic carbocycles. The molecule has 6 heteroatoms. The van der Waals surface area contributed by atoms with Crippen LogP contribution < -0.4 is 5.73 Å². The second-order valence-corrected chi connectivity index (χ2v) is 7.26. The maximum atomic E-state index is 12.5. The van der Waals surface area contributed by atoms with E-state index in [2.05, 4.69) is 0 Å². The Bertz CT molecular complexity index is 565. The molecular weight excluding hydrogens is 264 g/mol. The fourth-order valence-corrected chi connectivity index (χ4v) is 3.89.